The third kappa shape index (κ3) is 11.5. The zero-order valence-electron chi connectivity index (χ0n) is 18.2. The van der Waals surface area contributed by atoms with E-state index in [-0.39, 0.29) is 18.3 Å². The Morgan fingerprint density at radius 3 is 2.10 bits per heavy atom. The molecule has 5 heteroatoms. The number of hydrogen-bond donors (Lipinski definition) is 2. The number of nitrogens with two attached hydrogens (primary N) is 1. The lowest BCUT2D eigenvalue weighted by atomic mass is 9.95. The SMILES string of the molecule is CC(=O)O.C[C@H](Cc1ccc(-c2ccccc2)cc1)C(=O)COCCCCCCN. The summed E-state index contributed by atoms with van der Waals surface area (Å²) in [6.07, 6.45) is 5.09. The second-order valence-corrected chi connectivity index (χ2v) is 7.41. The number of carbonyl (C=O) groups excluding carboxylic acids is 1. The summed E-state index contributed by atoms with van der Waals surface area (Å²) in [4.78, 5) is 21.2. The molecule has 0 aliphatic heterocycles. The van der Waals surface area contributed by atoms with Crippen molar-refractivity contribution < 1.29 is 19.4 Å². The van der Waals surface area contributed by atoms with E-state index in [0.29, 0.717) is 6.61 Å². The molecule has 0 bridgehead atoms. The van der Waals surface area contributed by atoms with Gasteiger partial charge in [0.15, 0.2) is 5.78 Å². The van der Waals surface area contributed by atoms with Crippen molar-refractivity contribution >= 4 is 11.8 Å². The lowest BCUT2D eigenvalue weighted by Crippen LogP contribution is -2.19. The molecule has 5 nitrogen and oxygen atoms in total. The van der Waals surface area contributed by atoms with Crippen molar-refractivity contribution in [1.82, 2.24) is 0 Å². The number of benzene rings is 2. The number of carboxylic acids is 1. The highest BCUT2D eigenvalue weighted by Gasteiger charge is 2.13. The molecule has 2 aromatic carbocycles. The fourth-order valence-electron chi connectivity index (χ4n) is 2.95. The Kier molecular flexibility index (Phi) is 13.1. The van der Waals surface area contributed by atoms with Crippen LogP contribution in [-0.4, -0.2) is 36.6 Å². The van der Waals surface area contributed by atoms with Crippen LogP contribution in [0.15, 0.2) is 54.6 Å². The Bertz CT molecular complexity index is 725. The van der Waals surface area contributed by atoms with Crippen LogP contribution < -0.4 is 5.73 Å². The maximum atomic E-state index is 12.2. The van der Waals surface area contributed by atoms with E-state index in [1.165, 1.54) is 16.7 Å². The minimum absolute atomic E-state index is 0.0187. The zero-order chi connectivity index (χ0) is 22.2. The summed E-state index contributed by atoms with van der Waals surface area (Å²) in [6, 6.07) is 18.8. The highest BCUT2D eigenvalue weighted by atomic mass is 16.5. The van der Waals surface area contributed by atoms with Crippen LogP contribution >= 0.6 is 0 Å². The van der Waals surface area contributed by atoms with Crippen LogP contribution in [0.4, 0.5) is 0 Å². The molecule has 0 radical (unpaired) electrons. The number of rotatable bonds is 12. The van der Waals surface area contributed by atoms with Gasteiger partial charge in [-0.25, -0.2) is 0 Å². The fraction of sp³-hybridized carbons (Fsp3) is 0.440. The number of carbonyl (C=O) groups is 2. The van der Waals surface area contributed by atoms with Gasteiger partial charge in [-0.2, -0.15) is 0 Å². The van der Waals surface area contributed by atoms with E-state index in [4.69, 9.17) is 20.4 Å². The zero-order valence-corrected chi connectivity index (χ0v) is 18.2. The van der Waals surface area contributed by atoms with Gasteiger partial charge in [-0.3, -0.25) is 9.59 Å². The quantitative estimate of drug-likeness (QED) is 0.491. The molecule has 0 aromatic heterocycles. The Morgan fingerprint density at radius 2 is 1.50 bits per heavy atom. The summed E-state index contributed by atoms with van der Waals surface area (Å²) >= 11 is 0. The van der Waals surface area contributed by atoms with Crippen molar-refractivity contribution in [2.45, 2.75) is 46.0 Å². The number of carboxylic acid groups (broad SMARTS) is 1. The highest BCUT2D eigenvalue weighted by Crippen LogP contribution is 2.20. The van der Waals surface area contributed by atoms with E-state index in [2.05, 4.69) is 36.4 Å². The molecule has 0 saturated heterocycles. The molecular weight excluding hydrogens is 378 g/mol. The molecule has 3 N–H and O–H groups in total. The summed E-state index contributed by atoms with van der Waals surface area (Å²) in [5.74, 6) is -0.672. The standard InChI is InChI=1S/C23H31NO2.C2H4O2/c1-19(23(25)18-26-16-8-3-2-7-15-24)17-20-11-13-22(14-12-20)21-9-5-4-6-10-21;1-2(3)4/h4-6,9-14,19H,2-3,7-8,15-18,24H2,1H3;1H3,(H,3,4)/t19-;/m1./s1. The molecule has 0 amide bonds. The van der Waals surface area contributed by atoms with Crippen molar-refractivity contribution in [2.75, 3.05) is 19.8 Å². The maximum Gasteiger partial charge on any atom is 0.300 e. The van der Waals surface area contributed by atoms with Crippen molar-refractivity contribution in [3.8, 4) is 11.1 Å². The van der Waals surface area contributed by atoms with Gasteiger partial charge in [0.2, 0.25) is 0 Å². The van der Waals surface area contributed by atoms with Gasteiger partial charge in [-0.05, 0) is 42.5 Å². The summed E-state index contributed by atoms with van der Waals surface area (Å²) in [5.41, 5.74) is 9.07. The van der Waals surface area contributed by atoms with Gasteiger partial charge in [-0.1, -0.05) is 74.4 Å². The Hall–Kier alpha value is -2.50. The number of Topliss-reactive ketones (excluding diaryl/α,β-unsaturated/α-hetero) is 1. The van der Waals surface area contributed by atoms with Gasteiger partial charge >= 0.3 is 0 Å². The predicted molar refractivity (Wildman–Crippen MR) is 121 cm³/mol. The summed E-state index contributed by atoms with van der Waals surface area (Å²) in [6.45, 7) is 4.70. The van der Waals surface area contributed by atoms with E-state index in [1.54, 1.807) is 0 Å². The van der Waals surface area contributed by atoms with Gasteiger partial charge in [0.1, 0.15) is 6.61 Å². The predicted octanol–water partition coefficient (Wildman–Crippen LogP) is 4.73. The lowest BCUT2D eigenvalue weighted by molar-refractivity contribution is -0.134. The third-order valence-electron chi connectivity index (χ3n) is 4.64. The molecule has 164 valence electrons. The summed E-state index contributed by atoms with van der Waals surface area (Å²) < 4.78 is 5.53. The van der Waals surface area contributed by atoms with Gasteiger partial charge in [0, 0.05) is 19.4 Å². The topological polar surface area (TPSA) is 89.6 Å². The molecule has 30 heavy (non-hydrogen) atoms. The van der Waals surface area contributed by atoms with Crippen molar-refractivity contribution in [2.24, 2.45) is 11.7 Å². The maximum absolute atomic E-state index is 12.2. The third-order valence-corrected chi connectivity index (χ3v) is 4.64. The van der Waals surface area contributed by atoms with E-state index < -0.39 is 5.97 Å². The Morgan fingerprint density at radius 1 is 0.933 bits per heavy atom. The average Bonchev–Trinajstić information content (AvgIpc) is 2.73. The van der Waals surface area contributed by atoms with Crippen LogP contribution in [0, 0.1) is 5.92 Å². The molecule has 0 aliphatic carbocycles. The van der Waals surface area contributed by atoms with Crippen molar-refractivity contribution in [3.63, 3.8) is 0 Å². The second-order valence-electron chi connectivity index (χ2n) is 7.41. The molecule has 1 atom stereocenters. The van der Waals surface area contributed by atoms with Crippen LogP contribution in [0.25, 0.3) is 11.1 Å². The molecule has 2 rings (SSSR count). The van der Waals surface area contributed by atoms with E-state index in [0.717, 1.165) is 45.6 Å². The first-order chi connectivity index (χ1) is 14.4. The highest BCUT2D eigenvalue weighted by molar-refractivity contribution is 5.82. The van der Waals surface area contributed by atoms with Gasteiger partial charge < -0.3 is 15.6 Å². The van der Waals surface area contributed by atoms with E-state index in [1.807, 2.05) is 25.1 Å². The van der Waals surface area contributed by atoms with Crippen LogP contribution in [-0.2, 0) is 20.7 Å². The smallest absolute Gasteiger partial charge is 0.300 e. The molecule has 0 aliphatic rings. The normalized spacial score (nSPS) is 11.3. The number of hydrogen-bond acceptors (Lipinski definition) is 4. The molecule has 2 aromatic rings. The van der Waals surface area contributed by atoms with Crippen LogP contribution in [0.3, 0.4) is 0 Å². The van der Waals surface area contributed by atoms with Gasteiger partial charge in [0.05, 0.1) is 0 Å². The summed E-state index contributed by atoms with van der Waals surface area (Å²) in [7, 11) is 0. The largest absolute Gasteiger partial charge is 0.481 e. The lowest BCUT2D eigenvalue weighted by Gasteiger charge is -2.12. The number of aliphatic carboxylic acids is 1. The first kappa shape index (κ1) is 25.5. The van der Waals surface area contributed by atoms with Crippen LogP contribution in [0.1, 0.15) is 45.1 Å². The van der Waals surface area contributed by atoms with E-state index >= 15 is 0 Å². The Balaban J connectivity index is 0.00000103. The van der Waals surface area contributed by atoms with E-state index in [9.17, 15) is 4.79 Å². The fourth-order valence-corrected chi connectivity index (χ4v) is 2.95. The van der Waals surface area contributed by atoms with Gasteiger partial charge in [-0.15, -0.1) is 0 Å². The second kappa shape index (κ2) is 15.4. The monoisotopic (exact) mass is 413 g/mol. The molecule has 0 unspecified atom stereocenters. The summed E-state index contributed by atoms with van der Waals surface area (Å²) in [5, 5.41) is 7.42. The molecule has 0 saturated carbocycles. The first-order valence-electron chi connectivity index (χ1n) is 10.6. The molecule has 0 spiro atoms. The number of ketones is 1. The van der Waals surface area contributed by atoms with Crippen LogP contribution in [0.2, 0.25) is 0 Å². The van der Waals surface area contributed by atoms with Crippen molar-refractivity contribution in [1.29, 1.82) is 0 Å². The molecule has 0 fully saturated rings. The molecule has 0 heterocycles. The minimum Gasteiger partial charge on any atom is -0.481 e. The first-order valence-corrected chi connectivity index (χ1v) is 10.6. The minimum atomic E-state index is -0.833. The number of unbranched alkanes of at least 4 members (excludes halogenated alkanes) is 3. The van der Waals surface area contributed by atoms with Crippen LogP contribution in [0.5, 0.6) is 0 Å². The average molecular weight is 414 g/mol. The molecular formula is C25H35NO4. The number of ether oxygens (including phenoxy) is 1. The van der Waals surface area contributed by atoms with Gasteiger partial charge in [0.25, 0.3) is 5.97 Å². The van der Waals surface area contributed by atoms with Crippen molar-refractivity contribution in [3.05, 3.63) is 60.2 Å². The Labute approximate surface area is 180 Å².